The zero-order valence-corrected chi connectivity index (χ0v) is 16.2. The molecule has 0 bridgehead atoms. The highest BCUT2D eigenvalue weighted by Crippen LogP contribution is 2.25. The summed E-state index contributed by atoms with van der Waals surface area (Å²) in [4.78, 5) is 13.9. The number of sulfonamides is 1. The van der Waals surface area contributed by atoms with Crippen LogP contribution in [0, 0.1) is 5.92 Å². The van der Waals surface area contributed by atoms with Crippen molar-refractivity contribution in [3.8, 4) is 0 Å². The molecule has 1 saturated heterocycles. The maximum atomic E-state index is 12.6. The van der Waals surface area contributed by atoms with Crippen LogP contribution in [0.5, 0.6) is 0 Å². The van der Waals surface area contributed by atoms with Crippen molar-refractivity contribution in [2.24, 2.45) is 5.92 Å². The second-order valence-corrected chi connectivity index (χ2v) is 9.03. The molecule has 26 heavy (non-hydrogen) atoms. The van der Waals surface area contributed by atoms with Crippen LogP contribution in [-0.4, -0.2) is 38.0 Å². The van der Waals surface area contributed by atoms with Crippen LogP contribution in [0.15, 0.2) is 64.4 Å². The molecule has 1 heterocycles. The van der Waals surface area contributed by atoms with Crippen molar-refractivity contribution in [2.75, 3.05) is 24.7 Å². The second-order valence-electron chi connectivity index (χ2n) is 6.21. The Hall–Kier alpha value is -1.83. The number of anilines is 1. The molecule has 2 aromatic rings. The molecule has 7 heteroatoms. The van der Waals surface area contributed by atoms with Gasteiger partial charge in [-0.05, 0) is 55.5 Å². The highest BCUT2D eigenvalue weighted by molar-refractivity contribution is 7.98. The number of hydrogen-bond acceptors (Lipinski definition) is 4. The minimum Gasteiger partial charge on any atom is -0.326 e. The van der Waals surface area contributed by atoms with Crippen molar-refractivity contribution in [2.45, 2.75) is 22.6 Å². The smallest absolute Gasteiger partial charge is 0.243 e. The highest BCUT2D eigenvalue weighted by atomic mass is 32.2. The van der Waals surface area contributed by atoms with Crippen LogP contribution >= 0.6 is 11.8 Å². The van der Waals surface area contributed by atoms with E-state index in [9.17, 15) is 13.2 Å². The molecule has 0 aromatic heterocycles. The Labute approximate surface area is 158 Å². The maximum absolute atomic E-state index is 12.6. The first-order chi connectivity index (χ1) is 12.5. The first kappa shape index (κ1) is 18.9. The van der Waals surface area contributed by atoms with E-state index >= 15 is 0 Å². The van der Waals surface area contributed by atoms with Crippen molar-refractivity contribution in [3.63, 3.8) is 0 Å². The number of rotatable bonds is 5. The van der Waals surface area contributed by atoms with Crippen molar-refractivity contribution in [1.82, 2.24) is 4.31 Å². The molecule has 2 aromatic carbocycles. The van der Waals surface area contributed by atoms with Gasteiger partial charge >= 0.3 is 0 Å². The average molecular weight is 391 g/mol. The van der Waals surface area contributed by atoms with E-state index < -0.39 is 10.0 Å². The molecule has 1 N–H and O–H groups in total. The van der Waals surface area contributed by atoms with E-state index in [4.69, 9.17) is 0 Å². The number of hydrogen-bond donors (Lipinski definition) is 1. The van der Waals surface area contributed by atoms with Crippen molar-refractivity contribution < 1.29 is 13.2 Å². The summed E-state index contributed by atoms with van der Waals surface area (Å²) in [6.07, 6.45) is 3.06. The Morgan fingerprint density at radius 1 is 1.04 bits per heavy atom. The van der Waals surface area contributed by atoms with Gasteiger partial charge in [0.05, 0.1) is 4.90 Å². The van der Waals surface area contributed by atoms with Gasteiger partial charge in [0.15, 0.2) is 0 Å². The van der Waals surface area contributed by atoms with Gasteiger partial charge in [-0.3, -0.25) is 4.79 Å². The number of nitrogens with one attached hydrogen (secondary N) is 1. The van der Waals surface area contributed by atoms with Crippen LogP contribution in [0.1, 0.15) is 12.8 Å². The minimum absolute atomic E-state index is 0.0429. The fraction of sp³-hybridized carbons (Fsp3) is 0.316. The van der Waals surface area contributed by atoms with E-state index in [1.165, 1.54) is 4.31 Å². The Morgan fingerprint density at radius 2 is 1.65 bits per heavy atom. The SMILES string of the molecule is CSc1ccc(NC(=O)C2CCN(S(=O)(=O)c3ccccc3)CC2)cc1. The van der Waals surface area contributed by atoms with Gasteiger partial charge in [-0.25, -0.2) is 8.42 Å². The number of nitrogens with zero attached hydrogens (tertiary/aromatic N) is 1. The van der Waals surface area contributed by atoms with Gasteiger partial charge in [-0.1, -0.05) is 18.2 Å². The van der Waals surface area contributed by atoms with Gasteiger partial charge in [-0.15, -0.1) is 11.8 Å². The minimum atomic E-state index is -3.48. The topological polar surface area (TPSA) is 66.5 Å². The van der Waals surface area contributed by atoms with Crippen LogP contribution in [0.25, 0.3) is 0 Å². The molecule has 1 fully saturated rings. The lowest BCUT2D eigenvalue weighted by molar-refractivity contribution is -0.120. The number of piperidine rings is 1. The molecule has 0 unspecified atom stereocenters. The zero-order chi connectivity index (χ0) is 18.6. The normalized spacial score (nSPS) is 16.3. The van der Waals surface area contributed by atoms with Crippen molar-refractivity contribution in [1.29, 1.82) is 0 Å². The predicted octanol–water partition coefficient (Wildman–Crippen LogP) is 3.45. The Kier molecular flexibility index (Phi) is 6.01. The zero-order valence-electron chi connectivity index (χ0n) is 14.6. The van der Waals surface area contributed by atoms with E-state index in [0.29, 0.717) is 30.8 Å². The molecule has 3 rings (SSSR count). The van der Waals surface area contributed by atoms with Gasteiger partial charge in [0.2, 0.25) is 15.9 Å². The van der Waals surface area contributed by atoms with Crippen LogP contribution in [0.2, 0.25) is 0 Å². The fourth-order valence-corrected chi connectivity index (χ4v) is 4.92. The van der Waals surface area contributed by atoms with E-state index in [-0.39, 0.29) is 11.8 Å². The largest absolute Gasteiger partial charge is 0.326 e. The van der Waals surface area contributed by atoms with Gasteiger partial charge in [0, 0.05) is 29.6 Å². The molecule has 1 amide bonds. The van der Waals surface area contributed by atoms with Crippen LogP contribution in [-0.2, 0) is 14.8 Å². The molecule has 0 atom stereocenters. The molecule has 0 saturated carbocycles. The Morgan fingerprint density at radius 3 is 2.23 bits per heavy atom. The van der Waals surface area contributed by atoms with Crippen LogP contribution in [0.4, 0.5) is 5.69 Å². The second kappa shape index (κ2) is 8.24. The molecular formula is C19H22N2O3S2. The van der Waals surface area contributed by atoms with Gasteiger partial charge < -0.3 is 5.32 Å². The van der Waals surface area contributed by atoms with Crippen molar-refractivity contribution >= 4 is 33.4 Å². The molecule has 0 aliphatic carbocycles. The number of benzene rings is 2. The third kappa shape index (κ3) is 4.28. The average Bonchev–Trinajstić information content (AvgIpc) is 2.69. The van der Waals surface area contributed by atoms with Crippen LogP contribution in [0.3, 0.4) is 0 Å². The number of carbonyl (C=O) groups is 1. The molecular weight excluding hydrogens is 368 g/mol. The molecule has 1 aliphatic heterocycles. The molecule has 0 radical (unpaired) electrons. The summed E-state index contributed by atoms with van der Waals surface area (Å²) in [6.45, 7) is 0.724. The lowest BCUT2D eigenvalue weighted by Gasteiger charge is -2.30. The monoisotopic (exact) mass is 390 g/mol. The first-order valence-electron chi connectivity index (χ1n) is 8.51. The molecule has 138 valence electrons. The first-order valence-corrected chi connectivity index (χ1v) is 11.2. The number of thioether (sulfide) groups is 1. The maximum Gasteiger partial charge on any atom is 0.243 e. The summed E-state index contributed by atoms with van der Waals surface area (Å²) in [5.41, 5.74) is 0.770. The highest BCUT2D eigenvalue weighted by Gasteiger charge is 2.31. The van der Waals surface area contributed by atoms with Crippen LogP contribution < -0.4 is 5.32 Å². The summed E-state index contributed by atoms with van der Waals surface area (Å²) in [5, 5.41) is 2.93. The lowest BCUT2D eigenvalue weighted by Crippen LogP contribution is -2.41. The third-order valence-electron chi connectivity index (χ3n) is 4.56. The van der Waals surface area contributed by atoms with E-state index in [1.807, 2.05) is 30.5 Å². The van der Waals surface area contributed by atoms with Crippen molar-refractivity contribution in [3.05, 3.63) is 54.6 Å². The quantitative estimate of drug-likeness (QED) is 0.794. The summed E-state index contributed by atoms with van der Waals surface area (Å²) < 4.78 is 26.7. The molecule has 1 aliphatic rings. The number of carbonyl (C=O) groups excluding carboxylic acids is 1. The summed E-state index contributed by atoms with van der Waals surface area (Å²) in [7, 11) is -3.48. The summed E-state index contributed by atoms with van der Waals surface area (Å²) >= 11 is 1.65. The third-order valence-corrected chi connectivity index (χ3v) is 7.22. The standard InChI is InChI=1S/C19H22N2O3S2/c1-25-17-9-7-16(8-10-17)20-19(22)15-11-13-21(14-12-15)26(23,24)18-5-3-2-4-6-18/h2-10,15H,11-14H2,1H3,(H,20,22). The number of amides is 1. The summed E-state index contributed by atoms with van der Waals surface area (Å²) in [6, 6.07) is 16.1. The van der Waals surface area contributed by atoms with E-state index in [0.717, 1.165) is 10.6 Å². The molecule has 5 nitrogen and oxygen atoms in total. The van der Waals surface area contributed by atoms with Gasteiger partial charge in [0.25, 0.3) is 0 Å². The van der Waals surface area contributed by atoms with E-state index in [2.05, 4.69) is 5.32 Å². The lowest BCUT2D eigenvalue weighted by atomic mass is 9.97. The predicted molar refractivity (Wildman–Crippen MR) is 105 cm³/mol. The van der Waals surface area contributed by atoms with Gasteiger partial charge in [-0.2, -0.15) is 4.31 Å². The van der Waals surface area contributed by atoms with E-state index in [1.54, 1.807) is 42.1 Å². The van der Waals surface area contributed by atoms with Gasteiger partial charge in [0.1, 0.15) is 0 Å². The fourth-order valence-electron chi connectivity index (χ4n) is 3.02. The molecule has 0 spiro atoms. The Balaban J connectivity index is 1.58. The summed E-state index contributed by atoms with van der Waals surface area (Å²) in [5.74, 6) is -0.212. The Bertz CT molecular complexity index is 844.